The van der Waals surface area contributed by atoms with Crippen molar-refractivity contribution >= 4 is 43.5 Å². The maximum absolute atomic E-state index is 14.1. The zero-order valence-electron chi connectivity index (χ0n) is 23.0. The molecule has 2 amide bonds. The highest BCUT2D eigenvalue weighted by Crippen LogP contribution is 2.27. The van der Waals surface area contributed by atoms with Crippen molar-refractivity contribution in [3.05, 3.63) is 94.0 Å². The average Bonchev–Trinajstić information content (AvgIpc) is 2.87. The summed E-state index contributed by atoms with van der Waals surface area (Å²) >= 11 is 3.42. The largest absolute Gasteiger partial charge is 0.352 e. The van der Waals surface area contributed by atoms with E-state index in [1.54, 1.807) is 36.4 Å². The van der Waals surface area contributed by atoms with Gasteiger partial charge in [0.25, 0.3) is 10.0 Å². The molecule has 3 rings (SSSR count). The van der Waals surface area contributed by atoms with Gasteiger partial charge in [0.15, 0.2) is 0 Å². The molecule has 0 aliphatic rings. The molecule has 9 heteroatoms. The molecule has 0 saturated carbocycles. The summed E-state index contributed by atoms with van der Waals surface area (Å²) in [6.07, 6.45) is 0.373. The number of anilines is 1. The minimum absolute atomic E-state index is 0.0796. The van der Waals surface area contributed by atoms with Gasteiger partial charge in [-0.15, -0.1) is 0 Å². The highest BCUT2D eigenvalue weighted by molar-refractivity contribution is 9.10. The highest BCUT2D eigenvalue weighted by atomic mass is 79.9. The zero-order chi connectivity index (χ0) is 28.7. The lowest BCUT2D eigenvalue weighted by Gasteiger charge is -2.34. The number of hydrogen-bond donors (Lipinski definition) is 1. The molecule has 0 saturated heterocycles. The first-order valence-electron chi connectivity index (χ1n) is 12.9. The Labute approximate surface area is 240 Å². The van der Waals surface area contributed by atoms with Crippen molar-refractivity contribution in [2.24, 2.45) is 0 Å². The van der Waals surface area contributed by atoms with E-state index in [0.717, 1.165) is 21.0 Å². The number of sulfonamides is 1. The number of benzene rings is 3. The second-order valence-corrected chi connectivity index (χ2v) is 12.6. The van der Waals surface area contributed by atoms with Gasteiger partial charge in [-0.05, 0) is 75.6 Å². The fourth-order valence-corrected chi connectivity index (χ4v) is 6.06. The quantitative estimate of drug-likeness (QED) is 0.305. The first kappa shape index (κ1) is 30.4. The van der Waals surface area contributed by atoms with E-state index < -0.39 is 28.5 Å². The van der Waals surface area contributed by atoms with Crippen molar-refractivity contribution in [3.63, 3.8) is 0 Å². The third kappa shape index (κ3) is 7.70. The van der Waals surface area contributed by atoms with E-state index in [1.165, 1.54) is 17.0 Å². The number of nitrogens with one attached hydrogen (secondary N) is 1. The molecule has 0 aliphatic carbocycles. The molecule has 0 fully saturated rings. The Balaban J connectivity index is 2.08. The van der Waals surface area contributed by atoms with E-state index in [0.29, 0.717) is 16.6 Å². The molecule has 0 aliphatic heterocycles. The monoisotopic (exact) mass is 613 g/mol. The molecule has 0 bridgehead atoms. The number of aryl methyl sites for hydroxylation is 2. The first-order chi connectivity index (χ1) is 18.4. The highest BCUT2D eigenvalue weighted by Gasteiger charge is 2.34. The fourth-order valence-electron chi connectivity index (χ4n) is 4.27. The van der Waals surface area contributed by atoms with Gasteiger partial charge >= 0.3 is 0 Å². The maximum Gasteiger partial charge on any atom is 0.264 e. The second-order valence-electron chi connectivity index (χ2n) is 9.84. The van der Waals surface area contributed by atoms with Crippen LogP contribution in [0.4, 0.5) is 5.69 Å². The number of nitrogens with zero attached hydrogens (tertiary/aromatic N) is 2. The van der Waals surface area contributed by atoms with Crippen LogP contribution in [-0.2, 0) is 26.2 Å². The van der Waals surface area contributed by atoms with Crippen molar-refractivity contribution in [1.29, 1.82) is 0 Å². The van der Waals surface area contributed by atoms with Crippen molar-refractivity contribution in [2.75, 3.05) is 10.8 Å². The molecule has 0 radical (unpaired) electrons. The normalized spacial score (nSPS) is 12.2. The van der Waals surface area contributed by atoms with Gasteiger partial charge < -0.3 is 10.2 Å². The second kappa shape index (κ2) is 13.3. The Morgan fingerprint density at radius 1 is 0.949 bits per heavy atom. The van der Waals surface area contributed by atoms with Gasteiger partial charge in [-0.1, -0.05) is 70.9 Å². The van der Waals surface area contributed by atoms with Crippen molar-refractivity contribution in [2.45, 2.75) is 64.6 Å². The summed E-state index contributed by atoms with van der Waals surface area (Å²) in [6.45, 7) is 9.10. The number of halogens is 1. The van der Waals surface area contributed by atoms with Crippen molar-refractivity contribution in [3.8, 4) is 0 Å². The summed E-state index contributed by atoms with van der Waals surface area (Å²) in [4.78, 5) is 28.9. The van der Waals surface area contributed by atoms with Crippen molar-refractivity contribution < 1.29 is 18.0 Å². The molecule has 3 aromatic carbocycles. The van der Waals surface area contributed by atoms with Crippen LogP contribution in [0.5, 0.6) is 0 Å². The Bertz CT molecular complexity index is 1410. The van der Waals surface area contributed by atoms with Crippen LogP contribution in [0.1, 0.15) is 43.9 Å². The minimum Gasteiger partial charge on any atom is -0.352 e. The minimum atomic E-state index is -4.10. The fraction of sp³-hybridized carbons (Fsp3) is 0.333. The van der Waals surface area contributed by atoms with Crippen molar-refractivity contribution in [1.82, 2.24) is 10.2 Å². The lowest BCUT2D eigenvalue weighted by Crippen LogP contribution is -2.53. The molecule has 1 atom stereocenters. The van der Waals surface area contributed by atoms with Gasteiger partial charge in [0.05, 0.1) is 10.6 Å². The first-order valence-corrected chi connectivity index (χ1v) is 15.2. The number of hydrogen-bond acceptors (Lipinski definition) is 4. The third-order valence-corrected chi connectivity index (χ3v) is 8.68. The molecule has 0 spiro atoms. The molecule has 0 heterocycles. The van der Waals surface area contributed by atoms with Crippen LogP contribution in [-0.4, -0.2) is 43.8 Å². The molecule has 39 heavy (non-hydrogen) atoms. The predicted molar refractivity (Wildman–Crippen MR) is 159 cm³/mol. The molecule has 0 unspecified atom stereocenters. The van der Waals surface area contributed by atoms with E-state index >= 15 is 0 Å². The van der Waals surface area contributed by atoms with Crippen LogP contribution in [0, 0.1) is 13.8 Å². The van der Waals surface area contributed by atoms with Gasteiger partial charge in [-0.25, -0.2) is 8.42 Å². The number of rotatable bonds is 11. The summed E-state index contributed by atoms with van der Waals surface area (Å²) < 4.78 is 29.6. The molecule has 3 aromatic rings. The Morgan fingerprint density at radius 2 is 1.62 bits per heavy atom. The topological polar surface area (TPSA) is 86.8 Å². The smallest absolute Gasteiger partial charge is 0.264 e. The summed E-state index contributed by atoms with van der Waals surface area (Å²) in [5.41, 5.74) is 3.13. The van der Waals surface area contributed by atoms with Gasteiger partial charge in [0, 0.05) is 17.1 Å². The van der Waals surface area contributed by atoms with Crippen LogP contribution in [0.3, 0.4) is 0 Å². The van der Waals surface area contributed by atoms with Crippen LogP contribution < -0.4 is 9.62 Å². The van der Waals surface area contributed by atoms with Gasteiger partial charge in [-0.2, -0.15) is 0 Å². The zero-order valence-corrected chi connectivity index (χ0v) is 25.4. The SMILES string of the molecule is CC[C@H](C(=O)NC(C)C)N(Cc1ccccc1C)C(=O)CN(c1cccc(Br)c1)S(=O)(=O)c1ccc(C)cc1. The Morgan fingerprint density at radius 3 is 2.21 bits per heavy atom. The molecular weight excluding hydrogens is 578 g/mol. The van der Waals surface area contributed by atoms with Gasteiger partial charge in [0.2, 0.25) is 11.8 Å². The summed E-state index contributed by atoms with van der Waals surface area (Å²) in [5, 5.41) is 2.91. The Kier molecular flexibility index (Phi) is 10.3. The molecule has 1 N–H and O–H groups in total. The predicted octanol–water partition coefficient (Wildman–Crippen LogP) is 5.59. The lowest BCUT2D eigenvalue weighted by molar-refractivity contribution is -0.140. The van der Waals surface area contributed by atoms with Crippen LogP contribution in [0.15, 0.2) is 82.2 Å². The standard InChI is InChI=1S/C30H36BrN3O4S/c1-6-28(30(36)32-21(2)3)33(19-24-11-8-7-10-23(24)5)29(35)20-34(26-13-9-12-25(31)18-26)39(37,38)27-16-14-22(4)15-17-27/h7-18,21,28H,6,19-20H2,1-5H3,(H,32,36)/t28-/m1/s1. The Hall–Kier alpha value is -3.17. The molecular formula is C30H36BrN3O4S. The number of carbonyl (C=O) groups excluding carboxylic acids is 2. The average molecular weight is 615 g/mol. The van der Waals surface area contributed by atoms with Gasteiger partial charge in [0.1, 0.15) is 12.6 Å². The number of carbonyl (C=O) groups is 2. The maximum atomic E-state index is 14.1. The van der Waals surface area contributed by atoms with Gasteiger partial charge in [-0.3, -0.25) is 13.9 Å². The van der Waals surface area contributed by atoms with Crippen LogP contribution >= 0.6 is 15.9 Å². The summed E-state index contributed by atoms with van der Waals surface area (Å²) in [5.74, 6) is -0.746. The third-order valence-electron chi connectivity index (χ3n) is 6.40. The lowest BCUT2D eigenvalue weighted by atomic mass is 10.1. The van der Waals surface area contributed by atoms with E-state index in [-0.39, 0.29) is 23.4 Å². The molecule has 7 nitrogen and oxygen atoms in total. The summed E-state index contributed by atoms with van der Waals surface area (Å²) in [6, 6.07) is 20.1. The van der Waals surface area contributed by atoms with E-state index in [4.69, 9.17) is 0 Å². The number of amides is 2. The molecule has 0 aromatic heterocycles. The summed E-state index contributed by atoms with van der Waals surface area (Å²) in [7, 11) is -4.10. The molecule has 208 valence electrons. The van der Waals surface area contributed by atoms with Crippen LogP contribution in [0.2, 0.25) is 0 Å². The van der Waals surface area contributed by atoms with Crippen LogP contribution in [0.25, 0.3) is 0 Å². The van der Waals surface area contributed by atoms with E-state index in [1.807, 2.05) is 58.9 Å². The van der Waals surface area contributed by atoms with E-state index in [2.05, 4.69) is 21.2 Å². The van der Waals surface area contributed by atoms with E-state index in [9.17, 15) is 18.0 Å².